The minimum Gasteiger partial charge on any atom is -0.478 e. The number of hydrazone groups is 1. The van der Waals surface area contributed by atoms with Gasteiger partial charge in [0.25, 0.3) is 5.91 Å². The van der Waals surface area contributed by atoms with Gasteiger partial charge in [0.15, 0.2) is 0 Å². The summed E-state index contributed by atoms with van der Waals surface area (Å²) >= 11 is 0. The Morgan fingerprint density at radius 3 is 2.64 bits per heavy atom. The first-order valence-electron chi connectivity index (χ1n) is 7.30. The standard InChI is InChI=1S/C18H13N3O4/c22-17(12-6-8-19-9-7-12)21-20-11-15-4-5-16(25-15)13-2-1-3-14(10-13)18(23)24/h1-11H,(H,21,22)(H,23,24). The molecule has 1 amide bonds. The molecule has 3 rings (SSSR count). The summed E-state index contributed by atoms with van der Waals surface area (Å²) in [6.07, 6.45) is 4.40. The molecule has 0 unspecified atom stereocenters. The molecule has 0 aliphatic rings. The summed E-state index contributed by atoms with van der Waals surface area (Å²) in [5, 5.41) is 12.9. The minimum atomic E-state index is -1.01. The zero-order chi connectivity index (χ0) is 17.6. The molecule has 7 heteroatoms. The fourth-order valence-electron chi connectivity index (χ4n) is 2.11. The van der Waals surface area contributed by atoms with Crippen molar-refractivity contribution in [2.45, 2.75) is 0 Å². The van der Waals surface area contributed by atoms with E-state index in [4.69, 9.17) is 9.52 Å². The lowest BCUT2D eigenvalue weighted by Gasteiger charge is -1.99. The van der Waals surface area contributed by atoms with E-state index in [1.165, 1.54) is 30.7 Å². The van der Waals surface area contributed by atoms with Gasteiger partial charge in [-0.3, -0.25) is 9.78 Å². The van der Waals surface area contributed by atoms with Gasteiger partial charge in [0.1, 0.15) is 11.5 Å². The van der Waals surface area contributed by atoms with E-state index in [-0.39, 0.29) is 11.5 Å². The van der Waals surface area contributed by atoms with Gasteiger partial charge in [-0.05, 0) is 36.4 Å². The molecule has 2 heterocycles. The van der Waals surface area contributed by atoms with Crippen molar-refractivity contribution in [3.05, 3.63) is 77.8 Å². The number of furan rings is 1. The molecule has 0 bridgehead atoms. The Morgan fingerprint density at radius 1 is 1.08 bits per heavy atom. The quantitative estimate of drug-likeness (QED) is 0.551. The van der Waals surface area contributed by atoms with Crippen LogP contribution in [0.3, 0.4) is 0 Å². The molecule has 0 atom stereocenters. The highest BCUT2D eigenvalue weighted by atomic mass is 16.4. The molecule has 2 N–H and O–H groups in total. The van der Waals surface area contributed by atoms with Crippen LogP contribution in [0.2, 0.25) is 0 Å². The van der Waals surface area contributed by atoms with Crippen molar-refractivity contribution in [2.75, 3.05) is 0 Å². The minimum absolute atomic E-state index is 0.175. The number of hydrogen-bond acceptors (Lipinski definition) is 5. The van der Waals surface area contributed by atoms with Gasteiger partial charge in [0.05, 0.1) is 11.8 Å². The Bertz CT molecular complexity index is 932. The highest BCUT2D eigenvalue weighted by Gasteiger charge is 2.08. The number of benzene rings is 1. The Kier molecular flexibility index (Phi) is 4.66. The van der Waals surface area contributed by atoms with Gasteiger partial charge in [-0.25, -0.2) is 10.2 Å². The van der Waals surface area contributed by atoms with Crippen LogP contribution < -0.4 is 5.43 Å². The maximum Gasteiger partial charge on any atom is 0.335 e. The average molecular weight is 335 g/mol. The van der Waals surface area contributed by atoms with Gasteiger partial charge in [-0.1, -0.05) is 12.1 Å². The van der Waals surface area contributed by atoms with Gasteiger partial charge >= 0.3 is 5.97 Å². The van der Waals surface area contributed by atoms with E-state index in [2.05, 4.69) is 15.5 Å². The lowest BCUT2D eigenvalue weighted by Crippen LogP contribution is -2.17. The predicted octanol–water partition coefficient (Wildman–Crippen LogP) is 2.80. The highest BCUT2D eigenvalue weighted by Crippen LogP contribution is 2.22. The van der Waals surface area contributed by atoms with E-state index < -0.39 is 5.97 Å². The van der Waals surface area contributed by atoms with Crippen LogP contribution in [0.15, 0.2) is 70.4 Å². The van der Waals surface area contributed by atoms with E-state index in [1.807, 2.05) is 0 Å². The third-order valence-electron chi connectivity index (χ3n) is 3.32. The van der Waals surface area contributed by atoms with E-state index in [0.717, 1.165) is 0 Å². The van der Waals surface area contributed by atoms with Gasteiger partial charge in [-0.2, -0.15) is 5.10 Å². The van der Waals surface area contributed by atoms with Gasteiger partial charge in [0, 0.05) is 23.5 Å². The monoisotopic (exact) mass is 335 g/mol. The highest BCUT2D eigenvalue weighted by molar-refractivity contribution is 5.94. The molecule has 0 aliphatic heterocycles. The lowest BCUT2D eigenvalue weighted by atomic mass is 10.1. The second-order valence-electron chi connectivity index (χ2n) is 5.02. The Balaban J connectivity index is 1.68. The van der Waals surface area contributed by atoms with Crippen molar-refractivity contribution in [1.29, 1.82) is 0 Å². The molecule has 0 radical (unpaired) electrons. The molecular weight excluding hydrogens is 322 g/mol. The fourth-order valence-corrected chi connectivity index (χ4v) is 2.11. The number of aromatic nitrogens is 1. The van der Waals surface area contributed by atoms with Crippen LogP contribution in [-0.4, -0.2) is 28.2 Å². The summed E-state index contributed by atoms with van der Waals surface area (Å²) in [4.78, 5) is 26.7. The third kappa shape index (κ3) is 3.97. The smallest absolute Gasteiger partial charge is 0.335 e. The molecule has 0 spiro atoms. The number of aromatic carboxylic acids is 1. The van der Waals surface area contributed by atoms with Crippen LogP contribution in [0.5, 0.6) is 0 Å². The summed E-state index contributed by atoms with van der Waals surface area (Å²) in [6.45, 7) is 0. The first-order chi connectivity index (χ1) is 12.1. The molecule has 0 saturated heterocycles. The summed E-state index contributed by atoms with van der Waals surface area (Å²) < 4.78 is 5.59. The Morgan fingerprint density at radius 2 is 1.88 bits per heavy atom. The summed E-state index contributed by atoms with van der Waals surface area (Å²) in [7, 11) is 0. The SMILES string of the molecule is O=C(O)c1cccc(-c2ccc(C=NNC(=O)c3ccncc3)o2)c1. The van der Waals surface area contributed by atoms with Crippen molar-refractivity contribution in [3.8, 4) is 11.3 Å². The molecule has 25 heavy (non-hydrogen) atoms. The number of carbonyl (C=O) groups is 2. The zero-order valence-corrected chi connectivity index (χ0v) is 12.9. The lowest BCUT2D eigenvalue weighted by molar-refractivity contribution is 0.0696. The first-order valence-corrected chi connectivity index (χ1v) is 7.30. The van der Waals surface area contributed by atoms with Crippen molar-refractivity contribution >= 4 is 18.1 Å². The number of nitrogens with one attached hydrogen (secondary N) is 1. The number of rotatable bonds is 5. The van der Waals surface area contributed by atoms with E-state index in [1.54, 1.807) is 36.4 Å². The second kappa shape index (κ2) is 7.22. The Hall–Kier alpha value is -3.74. The number of nitrogens with zero attached hydrogens (tertiary/aromatic N) is 2. The largest absolute Gasteiger partial charge is 0.478 e. The third-order valence-corrected chi connectivity index (χ3v) is 3.32. The average Bonchev–Trinajstić information content (AvgIpc) is 3.11. The van der Waals surface area contributed by atoms with Crippen LogP contribution in [0.1, 0.15) is 26.5 Å². The molecule has 0 aliphatic carbocycles. The summed E-state index contributed by atoms with van der Waals surface area (Å²) in [5.74, 6) is -0.440. The van der Waals surface area contributed by atoms with Gasteiger partial charge in [0.2, 0.25) is 0 Å². The number of carboxylic acids is 1. The topological polar surface area (TPSA) is 105 Å². The number of carbonyl (C=O) groups excluding carboxylic acids is 1. The normalized spacial score (nSPS) is 10.7. The number of amides is 1. The van der Waals surface area contributed by atoms with Gasteiger partial charge < -0.3 is 9.52 Å². The maximum atomic E-state index is 11.8. The van der Waals surface area contributed by atoms with Crippen molar-refractivity contribution < 1.29 is 19.1 Å². The number of pyridine rings is 1. The molecular formula is C18H13N3O4. The summed E-state index contributed by atoms with van der Waals surface area (Å²) in [5.41, 5.74) is 3.64. The van der Waals surface area contributed by atoms with Crippen LogP contribution in [0.4, 0.5) is 0 Å². The molecule has 2 aromatic heterocycles. The number of carboxylic acid groups (broad SMARTS) is 1. The molecule has 3 aromatic rings. The number of hydrogen-bond donors (Lipinski definition) is 2. The molecule has 7 nitrogen and oxygen atoms in total. The van der Waals surface area contributed by atoms with Crippen LogP contribution in [0.25, 0.3) is 11.3 Å². The fraction of sp³-hybridized carbons (Fsp3) is 0. The molecule has 0 saturated carbocycles. The predicted molar refractivity (Wildman–Crippen MR) is 90.4 cm³/mol. The molecule has 124 valence electrons. The van der Waals surface area contributed by atoms with Crippen molar-refractivity contribution in [2.24, 2.45) is 5.10 Å². The van der Waals surface area contributed by atoms with E-state index in [0.29, 0.717) is 22.6 Å². The summed E-state index contributed by atoms with van der Waals surface area (Å²) in [6, 6.07) is 12.9. The van der Waals surface area contributed by atoms with Crippen LogP contribution in [0, 0.1) is 0 Å². The van der Waals surface area contributed by atoms with Gasteiger partial charge in [-0.15, -0.1) is 0 Å². The Labute approximate surface area is 142 Å². The van der Waals surface area contributed by atoms with E-state index in [9.17, 15) is 9.59 Å². The first kappa shape index (κ1) is 16.1. The molecule has 0 fully saturated rings. The zero-order valence-electron chi connectivity index (χ0n) is 12.9. The van der Waals surface area contributed by atoms with Crippen LogP contribution >= 0.6 is 0 Å². The van der Waals surface area contributed by atoms with Crippen molar-refractivity contribution in [3.63, 3.8) is 0 Å². The van der Waals surface area contributed by atoms with Crippen molar-refractivity contribution in [1.82, 2.24) is 10.4 Å². The molecule has 1 aromatic carbocycles. The second-order valence-corrected chi connectivity index (χ2v) is 5.02. The van der Waals surface area contributed by atoms with Crippen LogP contribution in [-0.2, 0) is 0 Å². The maximum absolute atomic E-state index is 11.8. The van der Waals surface area contributed by atoms with E-state index >= 15 is 0 Å².